The van der Waals surface area contributed by atoms with Gasteiger partial charge in [0.1, 0.15) is 10.7 Å². The van der Waals surface area contributed by atoms with Gasteiger partial charge in [0.15, 0.2) is 0 Å². The zero-order valence-electron chi connectivity index (χ0n) is 11.3. The molecule has 0 saturated heterocycles. The first kappa shape index (κ1) is 19.6. The lowest BCUT2D eigenvalue weighted by molar-refractivity contribution is 0.363. The van der Waals surface area contributed by atoms with Crippen molar-refractivity contribution in [2.24, 2.45) is 5.73 Å². The minimum atomic E-state index is -3.91. The molecule has 8 heteroatoms. The van der Waals surface area contributed by atoms with E-state index in [0.717, 1.165) is 12.1 Å². The average Bonchev–Trinajstić information content (AvgIpc) is 2.39. The fourth-order valence-electron chi connectivity index (χ4n) is 1.75. The van der Waals surface area contributed by atoms with Crippen LogP contribution in [0.4, 0.5) is 4.39 Å². The predicted octanol–water partition coefficient (Wildman–Crippen LogP) is 2.70. The second kappa shape index (κ2) is 7.56. The Morgan fingerprint density at radius 2 is 1.90 bits per heavy atom. The third kappa shape index (κ3) is 4.30. The van der Waals surface area contributed by atoms with Crippen LogP contribution < -0.4 is 10.5 Å². The molecule has 0 radical (unpaired) electrons. The summed E-state index contributed by atoms with van der Waals surface area (Å²) in [6.07, 6.45) is 1.07. The van der Waals surface area contributed by atoms with E-state index in [0.29, 0.717) is 12.8 Å². The summed E-state index contributed by atoms with van der Waals surface area (Å²) >= 11 is 5.82. The number of hydrogen-bond donors (Lipinski definition) is 2. The van der Waals surface area contributed by atoms with Crippen LogP contribution in [0.1, 0.15) is 26.7 Å². The van der Waals surface area contributed by atoms with Crippen LogP contribution in [0.15, 0.2) is 23.1 Å². The van der Waals surface area contributed by atoms with Crippen LogP contribution in [0.2, 0.25) is 5.02 Å². The minimum Gasteiger partial charge on any atom is -0.329 e. The molecule has 0 atom stereocenters. The van der Waals surface area contributed by atoms with Gasteiger partial charge in [0, 0.05) is 12.1 Å². The zero-order valence-corrected chi connectivity index (χ0v) is 13.7. The Hall–Kier alpha value is -0.400. The van der Waals surface area contributed by atoms with Crippen molar-refractivity contribution in [1.82, 2.24) is 4.72 Å². The van der Waals surface area contributed by atoms with Crippen molar-refractivity contribution in [3.05, 3.63) is 29.0 Å². The minimum absolute atomic E-state index is 0. The SMILES string of the molecule is CCC(CC)(CN)NS(=O)(=O)c1cc(F)ccc1Cl.Cl. The first-order valence-corrected chi connectivity index (χ1v) is 7.85. The van der Waals surface area contributed by atoms with Crippen LogP contribution in [0.3, 0.4) is 0 Å². The topological polar surface area (TPSA) is 72.2 Å². The average molecular weight is 345 g/mol. The monoisotopic (exact) mass is 344 g/mol. The maximum Gasteiger partial charge on any atom is 0.242 e. The number of nitrogens with one attached hydrogen (secondary N) is 1. The van der Waals surface area contributed by atoms with E-state index in [2.05, 4.69) is 4.72 Å². The van der Waals surface area contributed by atoms with Crippen LogP contribution in [0.25, 0.3) is 0 Å². The van der Waals surface area contributed by atoms with Crippen molar-refractivity contribution in [2.45, 2.75) is 37.1 Å². The highest BCUT2D eigenvalue weighted by atomic mass is 35.5. The zero-order chi connectivity index (χ0) is 14.7. The van der Waals surface area contributed by atoms with Crippen LogP contribution >= 0.6 is 24.0 Å². The highest BCUT2D eigenvalue weighted by Gasteiger charge is 2.31. The van der Waals surface area contributed by atoms with Crippen molar-refractivity contribution >= 4 is 34.0 Å². The summed E-state index contributed by atoms with van der Waals surface area (Å²) in [4.78, 5) is -0.270. The smallest absolute Gasteiger partial charge is 0.242 e. The summed E-state index contributed by atoms with van der Waals surface area (Å²) in [5, 5.41) is -0.0213. The maximum atomic E-state index is 13.2. The van der Waals surface area contributed by atoms with Crippen LogP contribution in [0, 0.1) is 5.82 Å². The molecule has 0 amide bonds. The van der Waals surface area contributed by atoms with Gasteiger partial charge in [0.2, 0.25) is 10.0 Å². The van der Waals surface area contributed by atoms with Crippen molar-refractivity contribution in [3.8, 4) is 0 Å². The van der Waals surface area contributed by atoms with E-state index in [-0.39, 0.29) is 28.9 Å². The molecule has 1 aromatic rings. The molecule has 0 heterocycles. The summed E-state index contributed by atoms with van der Waals surface area (Å²) in [6.45, 7) is 3.84. The van der Waals surface area contributed by atoms with Gasteiger partial charge in [0.25, 0.3) is 0 Å². The first-order valence-electron chi connectivity index (χ1n) is 5.99. The summed E-state index contributed by atoms with van der Waals surface area (Å²) in [6, 6.07) is 3.22. The molecule has 3 N–H and O–H groups in total. The van der Waals surface area contributed by atoms with E-state index in [9.17, 15) is 12.8 Å². The molecule has 4 nitrogen and oxygen atoms in total. The molecule has 0 aliphatic heterocycles. The predicted molar refractivity (Wildman–Crippen MR) is 81.3 cm³/mol. The summed E-state index contributed by atoms with van der Waals surface area (Å²) in [7, 11) is -3.91. The van der Waals surface area contributed by atoms with E-state index < -0.39 is 21.4 Å². The highest BCUT2D eigenvalue weighted by molar-refractivity contribution is 7.89. The van der Waals surface area contributed by atoms with Gasteiger partial charge in [-0.25, -0.2) is 17.5 Å². The van der Waals surface area contributed by atoms with Crippen LogP contribution in [0.5, 0.6) is 0 Å². The molecule has 1 aromatic carbocycles. The summed E-state index contributed by atoms with van der Waals surface area (Å²) in [5.41, 5.74) is 4.91. The molecule has 0 unspecified atom stereocenters. The molecule has 20 heavy (non-hydrogen) atoms. The lowest BCUT2D eigenvalue weighted by atomic mass is 9.95. The van der Waals surface area contributed by atoms with Crippen molar-refractivity contribution in [3.63, 3.8) is 0 Å². The fraction of sp³-hybridized carbons (Fsp3) is 0.500. The molecule has 116 valence electrons. The quantitative estimate of drug-likeness (QED) is 0.833. The summed E-state index contributed by atoms with van der Waals surface area (Å²) in [5.74, 6) is -0.656. The van der Waals surface area contributed by atoms with E-state index in [1.54, 1.807) is 0 Å². The number of hydrogen-bond acceptors (Lipinski definition) is 3. The molecule has 0 aromatic heterocycles. The first-order chi connectivity index (χ1) is 8.80. The Morgan fingerprint density at radius 1 is 1.35 bits per heavy atom. The van der Waals surface area contributed by atoms with Gasteiger partial charge in [0.05, 0.1) is 5.02 Å². The molecule has 1 rings (SSSR count). The number of benzene rings is 1. The highest BCUT2D eigenvalue weighted by Crippen LogP contribution is 2.25. The normalized spacial score (nSPS) is 12.1. The third-order valence-corrected chi connectivity index (χ3v) is 5.34. The van der Waals surface area contributed by atoms with Gasteiger partial charge in [-0.2, -0.15) is 0 Å². The summed E-state index contributed by atoms with van der Waals surface area (Å²) < 4.78 is 40.3. The van der Waals surface area contributed by atoms with Gasteiger partial charge < -0.3 is 5.73 Å². The van der Waals surface area contributed by atoms with Gasteiger partial charge in [-0.15, -0.1) is 12.4 Å². The fourth-order valence-corrected chi connectivity index (χ4v) is 3.81. The maximum absolute atomic E-state index is 13.2. The molecule has 0 spiro atoms. The van der Waals surface area contributed by atoms with E-state index in [1.165, 1.54) is 6.07 Å². The Bertz CT molecular complexity index is 540. The number of sulfonamides is 1. The van der Waals surface area contributed by atoms with E-state index in [1.807, 2.05) is 13.8 Å². The third-order valence-electron chi connectivity index (χ3n) is 3.28. The Labute approximate surface area is 130 Å². The molecule has 0 saturated carbocycles. The number of halogens is 3. The lowest BCUT2D eigenvalue weighted by Crippen LogP contribution is -2.52. The molecule has 0 aliphatic carbocycles. The largest absolute Gasteiger partial charge is 0.329 e. The lowest BCUT2D eigenvalue weighted by Gasteiger charge is -2.31. The Kier molecular flexibility index (Phi) is 7.41. The van der Waals surface area contributed by atoms with Gasteiger partial charge in [-0.05, 0) is 31.0 Å². The molecule has 0 fully saturated rings. The van der Waals surface area contributed by atoms with Gasteiger partial charge in [-0.1, -0.05) is 25.4 Å². The van der Waals surface area contributed by atoms with Crippen molar-refractivity contribution in [2.75, 3.05) is 6.54 Å². The van der Waals surface area contributed by atoms with Crippen molar-refractivity contribution < 1.29 is 12.8 Å². The van der Waals surface area contributed by atoms with Crippen LogP contribution in [-0.4, -0.2) is 20.5 Å². The molecular formula is C12H19Cl2FN2O2S. The molecular weight excluding hydrogens is 326 g/mol. The van der Waals surface area contributed by atoms with Crippen molar-refractivity contribution in [1.29, 1.82) is 0 Å². The Balaban J connectivity index is 0.00000361. The molecule has 0 aliphatic rings. The van der Waals surface area contributed by atoms with E-state index >= 15 is 0 Å². The number of nitrogens with two attached hydrogens (primary N) is 1. The standard InChI is InChI=1S/C12H18ClFN2O2S.ClH/c1-3-12(4-2,8-15)16-19(17,18)11-7-9(14)5-6-10(11)13;/h5-7,16H,3-4,8,15H2,1-2H3;1H. The number of rotatable bonds is 6. The van der Waals surface area contributed by atoms with E-state index in [4.69, 9.17) is 17.3 Å². The van der Waals surface area contributed by atoms with Crippen LogP contribution in [-0.2, 0) is 10.0 Å². The van der Waals surface area contributed by atoms with Gasteiger partial charge in [-0.3, -0.25) is 0 Å². The molecule has 0 bridgehead atoms. The Morgan fingerprint density at radius 3 is 2.35 bits per heavy atom. The second-order valence-electron chi connectivity index (χ2n) is 4.37. The second-order valence-corrected chi connectivity index (χ2v) is 6.43. The van der Waals surface area contributed by atoms with Gasteiger partial charge >= 0.3 is 0 Å².